The molecule has 0 bridgehead atoms. The first-order chi connectivity index (χ1) is 10.3. The quantitative estimate of drug-likeness (QED) is 0.660. The van der Waals surface area contributed by atoms with Crippen LogP contribution in [0, 0.1) is 6.92 Å². The van der Waals surface area contributed by atoms with Crippen LogP contribution in [0.4, 0.5) is 0 Å². The Bertz CT molecular complexity index is 542. The topological polar surface area (TPSA) is 0 Å². The van der Waals surface area contributed by atoms with Crippen LogP contribution in [-0.4, -0.2) is 0 Å². The van der Waals surface area contributed by atoms with Gasteiger partial charge in [0.1, 0.15) is 0 Å². The van der Waals surface area contributed by atoms with Crippen molar-refractivity contribution in [2.24, 2.45) is 0 Å². The summed E-state index contributed by atoms with van der Waals surface area (Å²) in [6.07, 6.45) is 9.34. The molecule has 0 heterocycles. The van der Waals surface area contributed by atoms with Crippen LogP contribution in [0.2, 0.25) is 0 Å². The molecule has 0 aliphatic heterocycles. The van der Waals surface area contributed by atoms with E-state index in [2.05, 4.69) is 55.5 Å². The lowest BCUT2D eigenvalue weighted by Gasteiger charge is -2.22. The van der Waals surface area contributed by atoms with Crippen LogP contribution in [0.5, 0.6) is 0 Å². The maximum Gasteiger partial charge on any atom is -0.0162 e. The molecule has 2 aromatic rings. The van der Waals surface area contributed by atoms with Gasteiger partial charge in [0.25, 0.3) is 0 Å². The van der Waals surface area contributed by atoms with Crippen molar-refractivity contribution in [2.45, 2.75) is 57.8 Å². The molecule has 1 aliphatic carbocycles. The Labute approximate surface area is 129 Å². The smallest absolute Gasteiger partial charge is 0.0162 e. The van der Waals surface area contributed by atoms with E-state index in [-0.39, 0.29) is 0 Å². The van der Waals surface area contributed by atoms with Crippen molar-refractivity contribution >= 4 is 0 Å². The van der Waals surface area contributed by atoms with Gasteiger partial charge >= 0.3 is 0 Å². The first kappa shape index (κ1) is 14.4. The third kappa shape index (κ3) is 3.97. The highest BCUT2D eigenvalue weighted by atomic mass is 14.2. The molecule has 21 heavy (non-hydrogen) atoms. The highest BCUT2D eigenvalue weighted by molar-refractivity contribution is 5.27. The van der Waals surface area contributed by atoms with Gasteiger partial charge < -0.3 is 0 Å². The maximum absolute atomic E-state index is 2.38. The predicted molar refractivity (Wildman–Crippen MR) is 90.9 cm³/mol. The van der Waals surface area contributed by atoms with Crippen LogP contribution in [-0.2, 0) is 12.8 Å². The van der Waals surface area contributed by atoms with Crippen LogP contribution in [0.25, 0.3) is 0 Å². The summed E-state index contributed by atoms with van der Waals surface area (Å²) in [5.74, 6) is 0.824. The molecule has 1 saturated carbocycles. The van der Waals surface area contributed by atoms with Gasteiger partial charge in [-0.05, 0) is 55.2 Å². The predicted octanol–water partition coefficient (Wildman–Crippen LogP) is 5.83. The van der Waals surface area contributed by atoms with Gasteiger partial charge in [0.15, 0.2) is 0 Å². The molecule has 0 saturated heterocycles. The van der Waals surface area contributed by atoms with Crippen molar-refractivity contribution in [3.8, 4) is 0 Å². The van der Waals surface area contributed by atoms with Crippen molar-refractivity contribution in [1.82, 2.24) is 0 Å². The van der Waals surface area contributed by atoms with Gasteiger partial charge in [-0.3, -0.25) is 0 Å². The third-order valence-electron chi connectivity index (χ3n) is 4.88. The van der Waals surface area contributed by atoms with Crippen LogP contribution in [0.15, 0.2) is 48.5 Å². The van der Waals surface area contributed by atoms with E-state index in [1.54, 1.807) is 5.56 Å². The van der Waals surface area contributed by atoms with Crippen LogP contribution in [0.3, 0.4) is 0 Å². The Morgan fingerprint density at radius 3 is 1.81 bits per heavy atom. The summed E-state index contributed by atoms with van der Waals surface area (Å²) < 4.78 is 0. The van der Waals surface area contributed by atoms with E-state index in [0.717, 1.165) is 18.8 Å². The fraction of sp³-hybridized carbons (Fsp3) is 0.429. The number of hydrogen-bond acceptors (Lipinski definition) is 0. The molecule has 0 spiro atoms. The average Bonchev–Trinajstić information content (AvgIpc) is 2.56. The number of rotatable bonds is 4. The van der Waals surface area contributed by atoms with Crippen LogP contribution in [0.1, 0.15) is 60.3 Å². The Kier molecular flexibility index (Phi) is 4.75. The van der Waals surface area contributed by atoms with Gasteiger partial charge in [-0.15, -0.1) is 0 Å². The molecule has 1 fully saturated rings. The first-order valence-corrected chi connectivity index (χ1v) is 8.46. The molecule has 0 N–H and O–H groups in total. The molecule has 3 rings (SSSR count). The summed E-state index contributed by atoms with van der Waals surface area (Å²) in [6.45, 7) is 2.15. The second-order valence-electron chi connectivity index (χ2n) is 6.56. The molecular formula is C21H26. The van der Waals surface area contributed by atoms with Crippen molar-refractivity contribution < 1.29 is 0 Å². The van der Waals surface area contributed by atoms with Crippen molar-refractivity contribution in [1.29, 1.82) is 0 Å². The molecule has 0 unspecified atom stereocenters. The fourth-order valence-corrected chi connectivity index (χ4v) is 3.44. The lowest BCUT2D eigenvalue weighted by molar-refractivity contribution is 0.443. The summed E-state index contributed by atoms with van der Waals surface area (Å²) in [5, 5.41) is 0. The molecule has 0 amide bonds. The highest BCUT2D eigenvalue weighted by Crippen LogP contribution is 2.32. The van der Waals surface area contributed by atoms with Gasteiger partial charge in [0, 0.05) is 0 Å². The van der Waals surface area contributed by atoms with Crippen LogP contribution < -0.4 is 0 Å². The Hall–Kier alpha value is -1.56. The minimum Gasteiger partial charge on any atom is -0.0591 e. The van der Waals surface area contributed by atoms with E-state index in [9.17, 15) is 0 Å². The molecule has 0 heteroatoms. The maximum atomic E-state index is 2.38. The Balaban J connectivity index is 1.57. The van der Waals surface area contributed by atoms with E-state index >= 15 is 0 Å². The standard InChI is InChI=1S/C21H26/c1-17-7-9-18(10-8-17)11-12-19-13-15-21(16-14-19)20-5-3-2-4-6-20/h7-10,13-16,20H,2-6,11-12H2,1H3. The Morgan fingerprint density at radius 1 is 0.714 bits per heavy atom. The minimum atomic E-state index is 0.824. The fourth-order valence-electron chi connectivity index (χ4n) is 3.44. The number of benzene rings is 2. The average molecular weight is 278 g/mol. The van der Waals surface area contributed by atoms with Gasteiger partial charge in [-0.25, -0.2) is 0 Å². The zero-order valence-corrected chi connectivity index (χ0v) is 13.1. The monoisotopic (exact) mass is 278 g/mol. The minimum absolute atomic E-state index is 0.824. The first-order valence-electron chi connectivity index (χ1n) is 8.46. The zero-order valence-electron chi connectivity index (χ0n) is 13.1. The summed E-state index contributed by atoms with van der Waals surface area (Å²) in [7, 11) is 0. The van der Waals surface area contributed by atoms with Gasteiger partial charge in [-0.1, -0.05) is 73.4 Å². The van der Waals surface area contributed by atoms with E-state index in [4.69, 9.17) is 0 Å². The molecule has 0 atom stereocenters. The molecular weight excluding hydrogens is 252 g/mol. The number of aryl methyl sites for hydroxylation is 3. The van der Waals surface area contributed by atoms with Crippen LogP contribution >= 0.6 is 0 Å². The third-order valence-corrected chi connectivity index (χ3v) is 4.88. The van der Waals surface area contributed by atoms with E-state index in [1.807, 2.05) is 0 Å². The number of hydrogen-bond donors (Lipinski definition) is 0. The van der Waals surface area contributed by atoms with Gasteiger partial charge in [-0.2, -0.15) is 0 Å². The van der Waals surface area contributed by atoms with E-state index in [1.165, 1.54) is 48.8 Å². The summed E-state index contributed by atoms with van der Waals surface area (Å²) in [5.41, 5.74) is 5.82. The van der Waals surface area contributed by atoms with Crippen molar-refractivity contribution in [3.05, 3.63) is 70.8 Å². The summed E-state index contributed by atoms with van der Waals surface area (Å²) in [4.78, 5) is 0. The largest absolute Gasteiger partial charge is 0.0591 e. The SMILES string of the molecule is Cc1ccc(CCc2ccc(C3CCCCC3)cc2)cc1. The van der Waals surface area contributed by atoms with Gasteiger partial charge in [0.2, 0.25) is 0 Å². The van der Waals surface area contributed by atoms with Crippen molar-refractivity contribution in [3.63, 3.8) is 0 Å². The molecule has 110 valence electrons. The molecule has 0 radical (unpaired) electrons. The molecule has 1 aliphatic rings. The van der Waals surface area contributed by atoms with E-state index < -0.39 is 0 Å². The van der Waals surface area contributed by atoms with Crippen molar-refractivity contribution in [2.75, 3.05) is 0 Å². The van der Waals surface area contributed by atoms with E-state index in [0.29, 0.717) is 0 Å². The zero-order chi connectivity index (χ0) is 14.5. The second-order valence-corrected chi connectivity index (χ2v) is 6.56. The summed E-state index contributed by atoms with van der Waals surface area (Å²) in [6, 6.07) is 18.4. The lowest BCUT2D eigenvalue weighted by atomic mass is 9.84. The molecule has 2 aromatic carbocycles. The Morgan fingerprint density at radius 2 is 1.24 bits per heavy atom. The van der Waals surface area contributed by atoms with Gasteiger partial charge in [0.05, 0.1) is 0 Å². The lowest BCUT2D eigenvalue weighted by Crippen LogP contribution is -2.04. The normalized spacial score (nSPS) is 16.0. The molecule has 0 aromatic heterocycles. The highest BCUT2D eigenvalue weighted by Gasteiger charge is 2.14. The molecule has 0 nitrogen and oxygen atoms in total. The summed E-state index contributed by atoms with van der Waals surface area (Å²) >= 11 is 0. The second kappa shape index (κ2) is 6.93.